The molecule has 0 spiro atoms. The third-order valence-electron chi connectivity index (χ3n) is 5.40. The van der Waals surface area contributed by atoms with Gasteiger partial charge in [0, 0.05) is 11.3 Å². The van der Waals surface area contributed by atoms with Gasteiger partial charge in [0.15, 0.2) is 5.76 Å². The van der Waals surface area contributed by atoms with E-state index in [-0.39, 0.29) is 11.7 Å². The fourth-order valence-corrected chi connectivity index (χ4v) is 3.70. The summed E-state index contributed by atoms with van der Waals surface area (Å²) in [5.41, 5.74) is 0.849. The zero-order valence-corrected chi connectivity index (χ0v) is 16.0. The highest BCUT2D eigenvalue weighted by atomic mass is 16.4. The molecule has 0 aliphatic heterocycles. The maximum atomic E-state index is 12.8. The predicted molar refractivity (Wildman–Crippen MR) is 103 cm³/mol. The minimum atomic E-state index is -0.891. The van der Waals surface area contributed by atoms with E-state index in [1.54, 1.807) is 37.3 Å². The van der Waals surface area contributed by atoms with Crippen LogP contribution in [0.1, 0.15) is 59.1 Å². The van der Waals surface area contributed by atoms with Gasteiger partial charge < -0.3 is 20.2 Å². The van der Waals surface area contributed by atoms with Gasteiger partial charge in [0.1, 0.15) is 0 Å². The van der Waals surface area contributed by atoms with Crippen molar-refractivity contribution in [1.82, 2.24) is 5.32 Å². The Morgan fingerprint density at radius 3 is 2.64 bits per heavy atom. The third-order valence-corrected chi connectivity index (χ3v) is 5.40. The van der Waals surface area contributed by atoms with Gasteiger partial charge in [-0.3, -0.25) is 14.4 Å². The highest BCUT2D eigenvalue weighted by Gasteiger charge is 2.42. The molecule has 1 aliphatic carbocycles. The zero-order chi connectivity index (χ0) is 20.3. The van der Waals surface area contributed by atoms with Gasteiger partial charge in [0.25, 0.3) is 11.8 Å². The summed E-state index contributed by atoms with van der Waals surface area (Å²) in [5, 5.41) is 15.2. The van der Waals surface area contributed by atoms with Crippen molar-refractivity contribution in [2.45, 2.75) is 45.1 Å². The van der Waals surface area contributed by atoms with Gasteiger partial charge in [-0.15, -0.1) is 0 Å². The van der Waals surface area contributed by atoms with Gasteiger partial charge >= 0.3 is 5.97 Å². The second-order valence-electron chi connectivity index (χ2n) is 7.47. The van der Waals surface area contributed by atoms with E-state index >= 15 is 0 Å². The molecule has 2 unspecified atom stereocenters. The molecule has 1 saturated carbocycles. The number of nitrogens with one attached hydrogen (secondary N) is 2. The normalized spacial score (nSPS) is 21.7. The Hall–Kier alpha value is -3.09. The maximum Gasteiger partial charge on any atom is 0.308 e. The van der Waals surface area contributed by atoms with Crippen molar-refractivity contribution in [2.75, 3.05) is 5.32 Å². The highest BCUT2D eigenvalue weighted by Crippen LogP contribution is 2.34. The standard InChI is InChI=1S/C21H24N2O5/c1-13-8-9-14(12-16(13)22-19(25)17-7-5-11-28-17)18(24)23-21(2)10-4-3-6-15(21)20(26)27/h5,7-9,11-12,15H,3-4,6,10H2,1-2H3,(H,22,25)(H,23,24)(H,26,27). The van der Waals surface area contributed by atoms with Crippen LogP contribution in [0.25, 0.3) is 0 Å². The molecule has 1 heterocycles. The van der Waals surface area contributed by atoms with Crippen molar-refractivity contribution < 1.29 is 23.9 Å². The topological polar surface area (TPSA) is 109 Å². The molecule has 1 aromatic heterocycles. The number of carboxylic acid groups (broad SMARTS) is 1. The summed E-state index contributed by atoms with van der Waals surface area (Å²) in [5.74, 6) is -2.10. The van der Waals surface area contributed by atoms with E-state index in [2.05, 4.69) is 10.6 Å². The molecular formula is C21H24N2O5. The summed E-state index contributed by atoms with van der Waals surface area (Å²) < 4.78 is 5.09. The van der Waals surface area contributed by atoms with Crippen molar-refractivity contribution in [1.29, 1.82) is 0 Å². The number of amides is 2. The van der Waals surface area contributed by atoms with Crippen molar-refractivity contribution >= 4 is 23.5 Å². The Labute approximate surface area is 163 Å². The van der Waals surface area contributed by atoms with Crippen LogP contribution in [0.5, 0.6) is 0 Å². The molecule has 2 amide bonds. The lowest BCUT2D eigenvalue weighted by Crippen LogP contribution is -2.55. The number of furan rings is 1. The monoisotopic (exact) mass is 384 g/mol. The molecule has 0 radical (unpaired) electrons. The maximum absolute atomic E-state index is 12.8. The smallest absolute Gasteiger partial charge is 0.308 e. The van der Waals surface area contributed by atoms with E-state index in [0.29, 0.717) is 24.1 Å². The number of carbonyl (C=O) groups is 3. The molecule has 0 saturated heterocycles. The fourth-order valence-electron chi connectivity index (χ4n) is 3.70. The highest BCUT2D eigenvalue weighted by molar-refractivity contribution is 6.04. The van der Waals surface area contributed by atoms with Crippen molar-refractivity contribution in [3.8, 4) is 0 Å². The largest absolute Gasteiger partial charge is 0.481 e. The van der Waals surface area contributed by atoms with Gasteiger partial charge in [-0.1, -0.05) is 18.9 Å². The van der Waals surface area contributed by atoms with E-state index in [1.807, 2.05) is 6.92 Å². The van der Waals surface area contributed by atoms with Crippen LogP contribution in [0.15, 0.2) is 41.0 Å². The first-order valence-corrected chi connectivity index (χ1v) is 9.31. The van der Waals surface area contributed by atoms with Crippen LogP contribution in [-0.2, 0) is 4.79 Å². The van der Waals surface area contributed by atoms with E-state index in [0.717, 1.165) is 18.4 Å². The predicted octanol–water partition coefficient (Wildman–Crippen LogP) is 3.60. The zero-order valence-electron chi connectivity index (χ0n) is 16.0. The van der Waals surface area contributed by atoms with E-state index in [1.165, 1.54) is 6.26 Å². The first kappa shape index (κ1) is 19.7. The van der Waals surface area contributed by atoms with Crippen LogP contribution >= 0.6 is 0 Å². The molecule has 2 atom stereocenters. The molecule has 3 rings (SSSR count). The SMILES string of the molecule is Cc1ccc(C(=O)NC2(C)CCCCC2C(=O)O)cc1NC(=O)c1ccco1. The Balaban J connectivity index is 1.78. The lowest BCUT2D eigenvalue weighted by Gasteiger charge is -2.39. The van der Waals surface area contributed by atoms with Crippen molar-refractivity contribution in [3.05, 3.63) is 53.5 Å². The molecule has 2 aromatic rings. The Bertz CT molecular complexity index is 890. The first-order valence-electron chi connectivity index (χ1n) is 9.31. The Morgan fingerprint density at radius 2 is 1.96 bits per heavy atom. The van der Waals surface area contributed by atoms with Crippen LogP contribution in [0.2, 0.25) is 0 Å². The number of aliphatic carboxylic acids is 1. The van der Waals surface area contributed by atoms with Gasteiger partial charge in [-0.25, -0.2) is 0 Å². The average molecular weight is 384 g/mol. The minimum Gasteiger partial charge on any atom is -0.481 e. The van der Waals surface area contributed by atoms with Crippen LogP contribution in [0.3, 0.4) is 0 Å². The molecular weight excluding hydrogens is 360 g/mol. The number of benzene rings is 1. The number of hydrogen-bond donors (Lipinski definition) is 3. The summed E-state index contributed by atoms with van der Waals surface area (Å²) in [6.07, 6.45) is 4.29. The quantitative estimate of drug-likeness (QED) is 0.730. The summed E-state index contributed by atoms with van der Waals surface area (Å²) in [6, 6.07) is 8.17. The Kier molecular flexibility index (Phi) is 5.53. The number of aryl methyl sites for hydroxylation is 1. The third kappa shape index (κ3) is 4.08. The van der Waals surface area contributed by atoms with Crippen LogP contribution in [0, 0.1) is 12.8 Å². The Morgan fingerprint density at radius 1 is 1.18 bits per heavy atom. The molecule has 148 valence electrons. The van der Waals surface area contributed by atoms with E-state index < -0.39 is 23.3 Å². The lowest BCUT2D eigenvalue weighted by atomic mass is 9.73. The molecule has 1 aromatic carbocycles. The van der Waals surface area contributed by atoms with E-state index in [9.17, 15) is 19.5 Å². The molecule has 1 aliphatic rings. The van der Waals surface area contributed by atoms with Gasteiger partial charge in [-0.05, 0) is 56.5 Å². The molecule has 7 nitrogen and oxygen atoms in total. The lowest BCUT2D eigenvalue weighted by molar-refractivity contribution is -0.145. The number of anilines is 1. The number of carbonyl (C=O) groups excluding carboxylic acids is 2. The average Bonchev–Trinajstić information content (AvgIpc) is 3.18. The molecule has 3 N–H and O–H groups in total. The summed E-state index contributed by atoms with van der Waals surface area (Å²) >= 11 is 0. The van der Waals surface area contributed by atoms with Crippen LogP contribution in [0.4, 0.5) is 5.69 Å². The number of hydrogen-bond acceptors (Lipinski definition) is 4. The van der Waals surface area contributed by atoms with Crippen molar-refractivity contribution in [2.24, 2.45) is 5.92 Å². The van der Waals surface area contributed by atoms with Gasteiger partial charge in [-0.2, -0.15) is 0 Å². The summed E-state index contributed by atoms with van der Waals surface area (Å²) in [7, 11) is 0. The van der Waals surface area contributed by atoms with E-state index in [4.69, 9.17) is 4.42 Å². The van der Waals surface area contributed by atoms with Gasteiger partial charge in [0.05, 0.1) is 17.7 Å². The van der Waals surface area contributed by atoms with Gasteiger partial charge in [0.2, 0.25) is 0 Å². The fraction of sp³-hybridized carbons (Fsp3) is 0.381. The first-order chi connectivity index (χ1) is 13.3. The molecule has 28 heavy (non-hydrogen) atoms. The van der Waals surface area contributed by atoms with Crippen LogP contribution in [-0.4, -0.2) is 28.4 Å². The second-order valence-corrected chi connectivity index (χ2v) is 7.47. The number of rotatable bonds is 5. The molecule has 1 fully saturated rings. The summed E-state index contributed by atoms with van der Waals surface area (Å²) in [6.45, 7) is 3.61. The van der Waals surface area contributed by atoms with Crippen molar-refractivity contribution in [3.63, 3.8) is 0 Å². The number of carboxylic acids is 1. The molecule has 7 heteroatoms. The van der Waals surface area contributed by atoms with Crippen LogP contribution < -0.4 is 10.6 Å². The molecule has 0 bridgehead atoms. The summed E-state index contributed by atoms with van der Waals surface area (Å²) in [4.78, 5) is 36.7. The second kappa shape index (κ2) is 7.88. The minimum absolute atomic E-state index is 0.174.